The summed E-state index contributed by atoms with van der Waals surface area (Å²) in [6.45, 7) is -5.85. The Morgan fingerprint density at radius 1 is 1.18 bits per heavy atom. The standard InChI is InChI=1S/C25H26F4N8O2/c1-39-19-7-15(26)14(6-16(19)27)17-5-13(9-37-12-35-20-23(30)33-11-34-24(20)37)18(8-32-17)36-4-2-3-25(31,10-36)21(38)22(28)29/h5-8,11-12,21-22,38H,2-4,9-10,31H2,1H3,(H2,30,33,34)/t21-,25-/m1/s1/i4D2,10D2. The molecule has 14 heteroatoms. The number of nitrogens with zero attached hydrogens (tertiary/aromatic N) is 6. The lowest BCUT2D eigenvalue weighted by atomic mass is 9.84. The van der Waals surface area contributed by atoms with Gasteiger partial charge in [-0.25, -0.2) is 32.5 Å². The molecule has 1 aliphatic rings. The number of halogens is 4. The van der Waals surface area contributed by atoms with Gasteiger partial charge >= 0.3 is 0 Å². The molecule has 5 N–H and O–H groups in total. The lowest BCUT2D eigenvalue weighted by molar-refractivity contribution is -0.0529. The van der Waals surface area contributed by atoms with Gasteiger partial charge in [-0.2, -0.15) is 0 Å². The number of hydrogen-bond donors (Lipinski definition) is 3. The Morgan fingerprint density at radius 3 is 2.72 bits per heavy atom. The number of pyridine rings is 1. The summed E-state index contributed by atoms with van der Waals surface area (Å²) in [5.74, 6) is -2.08. The van der Waals surface area contributed by atoms with E-state index >= 15 is 4.39 Å². The van der Waals surface area contributed by atoms with Crippen molar-refractivity contribution >= 4 is 22.7 Å². The maximum Gasteiger partial charge on any atom is 0.265 e. The first-order valence-corrected chi connectivity index (χ1v) is 11.6. The van der Waals surface area contributed by atoms with Gasteiger partial charge in [0.15, 0.2) is 23.0 Å². The van der Waals surface area contributed by atoms with Gasteiger partial charge in [0.1, 0.15) is 23.8 Å². The van der Waals surface area contributed by atoms with Crippen molar-refractivity contribution in [1.29, 1.82) is 0 Å². The summed E-state index contributed by atoms with van der Waals surface area (Å²) in [4.78, 5) is 16.9. The molecule has 206 valence electrons. The molecule has 3 aromatic heterocycles. The van der Waals surface area contributed by atoms with Gasteiger partial charge in [-0.3, -0.25) is 4.98 Å². The highest BCUT2D eigenvalue weighted by Gasteiger charge is 2.43. The highest BCUT2D eigenvalue weighted by molar-refractivity contribution is 5.81. The van der Waals surface area contributed by atoms with Crippen molar-refractivity contribution in [3.8, 4) is 17.0 Å². The van der Waals surface area contributed by atoms with E-state index in [9.17, 15) is 18.3 Å². The van der Waals surface area contributed by atoms with Crippen LogP contribution in [0.5, 0.6) is 5.75 Å². The van der Waals surface area contributed by atoms with Crippen LogP contribution in [0.4, 0.5) is 29.1 Å². The van der Waals surface area contributed by atoms with Crippen LogP contribution in [-0.2, 0) is 6.54 Å². The summed E-state index contributed by atoms with van der Waals surface area (Å²) in [7, 11) is 1.16. The van der Waals surface area contributed by atoms with Gasteiger partial charge in [0.25, 0.3) is 6.43 Å². The minimum Gasteiger partial charge on any atom is -0.494 e. The van der Waals surface area contributed by atoms with Gasteiger partial charge in [0.2, 0.25) is 0 Å². The van der Waals surface area contributed by atoms with Crippen LogP contribution in [0, 0.1) is 11.6 Å². The van der Waals surface area contributed by atoms with E-state index in [1.165, 1.54) is 23.3 Å². The monoisotopic (exact) mass is 550 g/mol. The van der Waals surface area contributed by atoms with E-state index in [0.717, 1.165) is 25.4 Å². The normalized spacial score (nSPS) is 22.7. The summed E-state index contributed by atoms with van der Waals surface area (Å²) >= 11 is 0. The van der Waals surface area contributed by atoms with Crippen LogP contribution in [0.1, 0.15) is 23.9 Å². The van der Waals surface area contributed by atoms with Crippen molar-refractivity contribution in [3.05, 3.63) is 54.2 Å². The Hall–Kier alpha value is -4.04. The van der Waals surface area contributed by atoms with Crippen molar-refractivity contribution in [3.63, 3.8) is 0 Å². The maximum atomic E-state index is 15.1. The van der Waals surface area contributed by atoms with Crippen molar-refractivity contribution in [2.45, 2.75) is 37.5 Å². The molecule has 0 saturated carbocycles. The highest BCUT2D eigenvalue weighted by atomic mass is 19.3. The molecule has 0 radical (unpaired) electrons. The molecule has 4 aromatic rings. The third kappa shape index (κ3) is 4.92. The van der Waals surface area contributed by atoms with Crippen molar-refractivity contribution < 1.29 is 32.9 Å². The zero-order valence-electron chi connectivity index (χ0n) is 24.4. The third-order valence-electron chi connectivity index (χ3n) is 6.39. The molecule has 10 nitrogen and oxygen atoms in total. The summed E-state index contributed by atoms with van der Waals surface area (Å²) in [6.07, 6.45) is -3.71. The average molecular weight is 551 g/mol. The van der Waals surface area contributed by atoms with E-state index in [2.05, 4.69) is 19.9 Å². The SMILES string of the molecule is [2H]C1([2H])CC[C@](N)([C@H](O)C(F)F)C([2H])([2H])N1c1cnc(-c2cc(F)c(OC)cc2F)cc1Cn1cnc2c(N)ncnc21. The summed E-state index contributed by atoms with van der Waals surface area (Å²) in [6, 6.07) is 2.93. The Morgan fingerprint density at radius 2 is 1.97 bits per heavy atom. The molecule has 4 heterocycles. The second kappa shape index (κ2) is 10.3. The lowest BCUT2D eigenvalue weighted by Crippen LogP contribution is -2.63. The van der Waals surface area contributed by atoms with Crippen LogP contribution in [0.2, 0.25) is 0 Å². The first kappa shape index (κ1) is 21.8. The first-order valence-electron chi connectivity index (χ1n) is 13.6. The molecular weight excluding hydrogens is 520 g/mol. The second-order valence-electron chi connectivity index (χ2n) is 8.89. The number of hydrogen-bond acceptors (Lipinski definition) is 9. The Bertz CT molecular complexity index is 1690. The molecule has 1 fully saturated rings. The minimum absolute atomic E-state index is 0.0627. The minimum atomic E-state index is -3.43. The predicted molar refractivity (Wildman–Crippen MR) is 135 cm³/mol. The number of nitrogen functional groups attached to an aromatic ring is 1. The molecule has 0 bridgehead atoms. The summed E-state index contributed by atoms with van der Waals surface area (Å²) in [5, 5.41) is 10.3. The Labute approximate surface area is 225 Å². The number of piperidine rings is 1. The number of anilines is 2. The fraction of sp³-hybridized carbons (Fsp3) is 0.360. The van der Waals surface area contributed by atoms with Crippen LogP contribution in [0.15, 0.2) is 37.1 Å². The topological polar surface area (TPSA) is 141 Å². The van der Waals surface area contributed by atoms with E-state index in [0.29, 0.717) is 4.90 Å². The van der Waals surface area contributed by atoms with E-state index in [4.69, 9.17) is 21.7 Å². The number of nitrogens with two attached hydrogens (primary N) is 2. The van der Waals surface area contributed by atoms with Crippen molar-refractivity contribution in [1.82, 2.24) is 24.5 Å². The van der Waals surface area contributed by atoms with Gasteiger partial charge in [0.05, 0.1) is 45.8 Å². The number of aliphatic hydroxyl groups excluding tert-OH is 1. The number of benzene rings is 1. The zero-order chi connectivity index (χ0) is 31.5. The maximum absolute atomic E-state index is 15.1. The molecule has 2 atom stereocenters. The van der Waals surface area contributed by atoms with Crippen molar-refractivity contribution in [2.24, 2.45) is 5.73 Å². The number of rotatable bonds is 7. The molecule has 1 aromatic carbocycles. The Balaban J connectivity index is 1.73. The lowest BCUT2D eigenvalue weighted by Gasteiger charge is -2.44. The second-order valence-corrected chi connectivity index (χ2v) is 8.89. The molecular formula is C25H26F4N8O2. The van der Waals surface area contributed by atoms with E-state index < -0.39 is 55.5 Å². The van der Waals surface area contributed by atoms with E-state index in [-0.39, 0.29) is 51.8 Å². The third-order valence-corrected chi connectivity index (χ3v) is 6.39. The van der Waals surface area contributed by atoms with Crippen LogP contribution in [0.25, 0.3) is 22.4 Å². The molecule has 39 heavy (non-hydrogen) atoms. The van der Waals surface area contributed by atoms with E-state index in [1.54, 1.807) is 0 Å². The van der Waals surface area contributed by atoms with Gasteiger partial charge in [-0.05, 0) is 30.5 Å². The number of aliphatic hydroxyl groups is 1. The van der Waals surface area contributed by atoms with Crippen LogP contribution >= 0.6 is 0 Å². The molecule has 0 unspecified atom stereocenters. The van der Waals surface area contributed by atoms with Gasteiger partial charge in [0, 0.05) is 27.4 Å². The molecule has 0 spiro atoms. The first-order chi connectivity index (χ1) is 20.1. The summed E-state index contributed by atoms with van der Waals surface area (Å²) < 4.78 is 98.2. The van der Waals surface area contributed by atoms with Crippen LogP contribution in [0.3, 0.4) is 0 Å². The number of ether oxygens (including phenoxy) is 1. The number of imidazole rings is 1. The van der Waals surface area contributed by atoms with Gasteiger partial charge in [-0.1, -0.05) is 0 Å². The smallest absolute Gasteiger partial charge is 0.265 e. The fourth-order valence-corrected chi connectivity index (χ4v) is 4.31. The summed E-state index contributed by atoms with van der Waals surface area (Å²) in [5.41, 5.74) is 9.25. The molecule has 0 aliphatic carbocycles. The highest BCUT2D eigenvalue weighted by Crippen LogP contribution is 2.34. The number of alkyl halides is 2. The van der Waals surface area contributed by atoms with Crippen molar-refractivity contribution in [2.75, 3.05) is 30.7 Å². The van der Waals surface area contributed by atoms with Gasteiger partial charge in [-0.15, -0.1) is 0 Å². The number of fused-ring (bicyclic) bond motifs is 1. The molecule has 1 saturated heterocycles. The average Bonchev–Trinajstić information content (AvgIpc) is 3.36. The molecule has 0 amide bonds. The number of aromatic nitrogens is 5. The van der Waals surface area contributed by atoms with E-state index in [1.807, 2.05) is 0 Å². The Kier molecular flexibility index (Phi) is 5.75. The fourth-order valence-electron chi connectivity index (χ4n) is 4.31. The largest absolute Gasteiger partial charge is 0.494 e. The van der Waals surface area contributed by atoms with Gasteiger partial charge < -0.3 is 30.8 Å². The molecule has 5 rings (SSSR count). The van der Waals surface area contributed by atoms with Crippen LogP contribution < -0.4 is 21.1 Å². The quantitative estimate of drug-likeness (QED) is 0.296. The number of methoxy groups -OCH3 is 1. The predicted octanol–water partition coefficient (Wildman–Crippen LogP) is 2.73. The molecule has 1 aliphatic heterocycles. The zero-order valence-corrected chi connectivity index (χ0v) is 20.4. The van der Waals surface area contributed by atoms with Crippen LogP contribution in [-0.4, -0.2) is 67.8 Å².